The van der Waals surface area contributed by atoms with Gasteiger partial charge in [-0.15, -0.1) is 0 Å². The third-order valence-corrected chi connectivity index (χ3v) is 4.60. The SMILES string of the molecule is Cc1ccc(S(=O)(=O)OC(C)COc2ccccc2C)cc1. The topological polar surface area (TPSA) is 52.6 Å². The minimum atomic E-state index is -3.77. The van der Waals surface area contributed by atoms with E-state index in [9.17, 15) is 8.42 Å². The van der Waals surface area contributed by atoms with Gasteiger partial charge in [-0.25, -0.2) is 0 Å². The molecule has 0 heterocycles. The van der Waals surface area contributed by atoms with E-state index < -0.39 is 16.2 Å². The van der Waals surface area contributed by atoms with Gasteiger partial charge in [0.2, 0.25) is 0 Å². The van der Waals surface area contributed by atoms with Gasteiger partial charge in [0.25, 0.3) is 10.1 Å². The molecular weight excluding hydrogens is 300 g/mol. The van der Waals surface area contributed by atoms with Crippen LogP contribution in [0.4, 0.5) is 0 Å². The van der Waals surface area contributed by atoms with Crippen LogP contribution in [0.3, 0.4) is 0 Å². The van der Waals surface area contributed by atoms with Gasteiger partial charge in [-0.2, -0.15) is 8.42 Å². The summed E-state index contributed by atoms with van der Waals surface area (Å²) in [4.78, 5) is 0.154. The quantitative estimate of drug-likeness (QED) is 0.765. The lowest BCUT2D eigenvalue weighted by molar-refractivity contribution is 0.148. The van der Waals surface area contributed by atoms with E-state index in [4.69, 9.17) is 8.92 Å². The molecule has 0 N–H and O–H groups in total. The van der Waals surface area contributed by atoms with E-state index in [0.29, 0.717) is 0 Å². The Morgan fingerprint density at radius 3 is 2.27 bits per heavy atom. The zero-order valence-corrected chi connectivity index (χ0v) is 13.8. The van der Waals surface area contributed by atoms with Gasteiger partial charge in [-0.3, -0.25) is 4.18 Å². The fourth-order valence-corrected chi connectivity index (χ4v) is 3.00. The molecule has 0 amide bonds. The number of hydrogen-bond donors (Lipinski definition) is 0. The van der Waals surface area contributed by atoms with Crippen LogP contribution in [0.1, 0.15) is 18.1 Å². The zero-order chi connectivity index (χ0) is 16.2. The smallest absolute Gasteiger partial charge is 0.297 e. The minimum Gasteiger partial charge on any atom is -0.491 e. The first-order valence-corrected chi connectivity index (χ1v) is 8.48. The summed E-state index contributed by atoms with van der Waals surface area (Å²) < 4.78 is 35.1. The normalized spacial score (nSPS) is 12.9. The van der Waals surface area contributed by atoms with Crippen molar-refractivity contribution in [2.45, 2.75) is 31.8 Å². The third-order valence-electron chi connectivity index (χ3n) is 3.17. The van der Waals surface area contributed by atoms with Crippen LogP contribution >= 0.6 is 0 Å². The second kappa shape index (κ2) is 6.94. The molecule has 0 radical (unpaired) electrons. The third kappa shape index (κ3) is 4.32. The lowest BCUT2D eigenvalue weighted by Gasteiger charge is -2.15. The summed E-state index contributed by atoms with van der Waals surface area (Å²) in [6, 6.07) is 14.1. The van der Waals surface area contributed by atoms with Crippen molar-refractivity contribution in [3.05, 3.63) is 59.7 Å². The molecule has 0 bridgehead atoms. The highest BCUT2D eigenvalue weighted by molar-refractivity contribution is 7.86. The van der Waals surface area contributed by atoms with Crippen molar-refractivity contribution in [3.63, 3.8) is 0 Å². The molecule has 5 heteroatoms. The largest absolute Gasteiger partial charge is 0.491 e. The summed E-state index contributed by atoms with van der Waals surface area (Å²) in [6.07, 6.45) is -0.578. The van der Waals surface area contributed by atoms with Crippen molar-refractivity contribution in [1.29, 1.82) is 0 Å². The molecular formula is C17H20O4S. The molecule has 1 atom stereocenters. The molecule has 0 saturated heterocycles. The predicted molar refractivity (Wildman–Crippen MR) is 85.6 cm³/mol. The predicted octanol–water partition coefficient (Wildman–Crippen LogP) is 3.48. The van der Waals surface area contributed by atoms with Crippen molar-refractivity contribution < 1.29 is 17.3 Å². The average Bonchev–Trinajstić information content (AvgIpc) is 2.46. The van der Waals surface area contributed by atoms with E-state index in [1.54, 1.807) is 31.2 Å². The van der Waals surface area contributed by atoms with Gasteiger partial charge in [0.1, 0.15) is 18.5 Å². The van der Waals surface area contributed by atoms with Crippen molar-refractivity contribution in [2.24, 2.45) is 0 Å². The number of benzene rings is 2. The van der Waals surface area contributed by atoms with Gasteiger partial charge in [0.05, 0.1) is 4.90 Å². The second-order valence-corrected chi connectivity index (χ2v) is 6.82. The molecule has 0 aliphatic rings. The monoisotopic (exact) mass is 320 g/mol. The Labute approximate surface area is 131 Å². The highest BCUT2D eigenvalue weighted by Crippen LogP contribution is 2.18. The molecule has 4 nitrogen and oxygen atoms in total. The molecule has 1 unspecified atom stereocenters. The molecule has 2 aromatic rings. The summed E-state index contributed by atoms with van der Waals surface area (Å²) in [5.41, 5.74) is 1.99. The van der Waals surface area contributed by atoms with Crippen LogP contribution in [0, 0.1) is 13.8 Å². The van der Waals surface area contributed by atoms with Gasteiger partial charge in [-0.05, 0) is 44.5 Å². The molecule has 2 rings (SSSR count). The van der Waals surface area contributed by atoms with Crippen molar-refractivity contribution in [1.82, 2.24) is 0 Å². The van der Waals surface area contributed by atoms with Gasteiger partial charge in [-0.1, -0.05) is 35.9 Å². The summed E-state index contributed by atoms with van der Waals surface area (Å²) >= 11 is 0. The molecule has 0 aromatic heterocycles. The molecule has 0 spiro atoms. The summed E-state index contributed by atoms with van der Waals surface area (Å²) in [5, 5.41) is 0. The minimum absolute atomic E-state index is 0.154. The standard InChI is InChI=1S/C17H20O4S/c1-13-8-10-16(11-9-13)22(18,19)21-15(3)12-20-17-7-5-4-6-14(17)2/h4-11,15H,12H2,1-3H3. The van der Waals surface area contributed by atoms with E-state index in [-0.39, 0.29) is 11.5 Å². The fraction of sp³-hybridized carbons (Fsp3) is 0.294. The first-order valence-electron chi connectivity index (χ1n) is 7.07. The number of aryl methyl sites for hydroxylation is 2. The van der Waals surface area contributed by atoms with E-state index in [0.717, 1.165) is 16.9 Å². The lowest BCUT2D eigenvalue weighted by atomic mass is 10.2. The molecule has 118 valence electrons. The van der Waals surface area contributed by atoms with Crippen LogP contribution in [0.2, 0.25) is 0 Å². The Morgan fingerprint density at radius 1 is 1.00 bits per heavy atom. The van der Waals surface area contributed by atoms with Gasteiger partial charge >= 0.3 is 0 Å². The molecule has 0 fully saturated rings. The van der Waals surface area contributed by atoms with E-state index >= 15 is 0 Å². The number of para-hydroxylation sites is 1. The summed E-state index contributed by atoms with van der Waals surface area (Å²) in [5.74, 6) is 0.727. The van der Waals surface area contributed by atoms with E-state index in [1.165, 1.54) is 0 Å². The van der Waals surface area contributed by atoms with Gasteiger partial charge in [0.15, 0.2) is 0 Å². The van der Waals surface area contributed by atoms with Crippen LogP contribution in [-0.4, -0.2) is 21.1 Å². The van der Waals surface area contributed by atoms with Crippen molar-refractivity contribution >= 4 is 10.1 Å². The molecule has 2 aromatic carbocycles. The lowest BCUT2D eigenvalue weighted by Crippen LogP contribution is -2.22. The highest BCUT2D eigenvalue weighted by atomic mass is 32.2. The average molecular weight is 320 g/mol. The van der Waals surface area contributed by atoms with Crippen LogP contribution in [0.5, 0.6) is 5.75 Å². The molecule has 0 aliphatic carbocycles. The highest BCUT2D eigenvalue weighted by Gasteiger charge is 2.19. The summed E-state index contributed by atoms with van der Waals surface area (Å²) in [7, 11) is -3.77. The second-order valence-electron chi connectivity index (χ2n) is 5.25. The first-order chi connectivity index (χ1) is 10.4. The maximum Gasteiger partial charge on any atom is 0.297 e. The fourth-order valence-electron chi connectivity index (χ4n) is 1.93. The summed E-state index contributed by atoms with van der Waals surface area (Å²) in [6.45, 7) is 5.67. The van der Waals surface area contributed by atoms with Crippen LogP contribution < -0.4 is 4.74 Å². The Morgan fingerprint density at radius 2 is 1.64 bits per heavy atom. The Balaban J connectivity index is 1.98. The molecule has 0 aliphatic heterocycles. The Kier molecular flexibility index (Phi) is 5.21. The van der Waals surface area contributed by atoms with Gasteiger partial charge < -0.3 is 4.74 Å². The van der Waals surface area contributed by atoms with Crippen LogP contribution in [-0.2, 0) is 14.3 Å². The maximum absolute atomic E-state index is 12.2. The first kappa shape index (κ1) is 16.5. The van der Waals surface area contributed by atoms with Crippen LogP contribution in [0.15, 0.2) is 53.4 Å². The Bertz CT molecular complexity index is 721. The van der Waals surface area contributed by atoms with Crippen molar-refractivity contribution in [3.8, 4) is 5.75 Å². The maximum atomic E-state index is 12.2. The molecule has 0 saturated carbocycles. The van der Waals surface area contributed by atoms with Crippen molar-refractivity contribution in [2.75, 3.05) is 6.61 Å². The van der Waals surface area contributed by atoms with E-state index in [2.05, 4.69) is 0 Å². The van der Waals surface area contributed by atoms with Crippen LogP contribution in [0.25, 0.3) is 0 Å². The number of rotatable bonds is 6. The van der Waals surface area contributed by atoms with Gasteiger partial charge in [0, 0.05) is 0 Å². The molecule has 22 heavy (non-hydrogen) atoms. The van der Waals surface area contributed by atoms with E-state index in [1.807, 2.05) is 38.1 Å². The number of ether oxygens (including phenoxy) is 1. The zero-order valence-electron chi connectivity index (χ0n) is 12.9. The Hall–Kier alpha value is -1.85. The number of hydrogen-bond acceptors (Lipinski definition) is 4.